The molecule has 1 aliphatic heterocycles. The lowest BCUT2D eigenvalue weighted by Gasteiger charge is -2.33. The zero-order chi connectivity index (χ0) is 16.9. The van der Waals surface area contributed by atoms with Crippen molar-refractivity contribution in [2.75, 3.05) is 19.6 Å². The van der Waals surface area contributed by atoms with Gasteiger partial charge in [-0.2, -0.15) is 0 Å². The van der Waals surface area contributed by atoms with Crippen LogP contribution in [0.5, 0.6) is 0 Å². The second kappa shape index (κ2) is 7.92. The van der Waals surface area contributed by atoms with Crippen LogP contribution in [0.4, 0.5) is 0 Å². The second-order valence-electron chi connectivity index (χ2n) is 6.31. The van der Waals surface area contributed by atoms with Crippen molar-refractivity contribution in [3.8, 4) is 0 Å². The number of imidazole rings is 1. The van der Waals surface area contributed by atoms with Crippen LogP contribution in [0.25, 0.3) is 0 Å². The number of likely N-dealkylation sites (tertiary alicyclic amines) is 1. The van der Waals surface area contributed by atoms with Crippen LogP contribution in [0.1, 0.15) is 29.6 Å². The van der Waals surface area contributed by atoms with Crippen molar-refractivity contribution in [1.29, 1.82) is 0 Å². The van der Waals surface area contributed by atoms with Gasteiger partial charge in [0.15, 0.2) is 0 Å². The van der Waals surface area contributed by atoms with Crippen molar-refractivity contribution in [3.05, 3.63) is 40.6 Å². The highest BCUT2D eigenvalue weighted by molar-refractivity contribution is 7.09. The van der Waals surface area contributed by atoms with Gasteiger partial charge in [0.2, 0.25) is 5.91 Å². The fourth-order valence-electron chi connectivity index (χ4n) is 3.16. The summed E-state index contributed by atoms with van der Waals surface area (Å²) in [4.78, 5) is 19.6. The molecule has 0 aliphatic carbocycles. The number of aliphatic hydroxyl groups excluding tert-OH is 1. The average Bonchev–Trinajstić information content (AvgIpc) is 3.24. The molecular formula is C17H24N4O2S. The zero-order valence-electron chi connectivity index (χ0n) is 13.9. The number of aliphatic hydroxyl groups is 1. The maximum atomic E-state index is 12.0. The Bertz CT molecular complexity index is 647. The van der Waals surface area contributed by atoms with Crippen LogP contribution in [-0.4, -0.2) is 45.1 Å². The number of thiophene rings is 1. The Morgan fingerprint density at radius 2 is 2.29 bits per heavy atom. The predicted molar refractivity (Wildman–Crippen MR) is 93.5 cm³/mol. The van der Waals surface area contributed by atoms with E-state index in [1.54, 1.807) is 17.5 Å². The minimum atomic E-state index is -0.528. The molecule has 1 amide bonds. The Hall–Kier alpha value is -1.70. The lowest BCUT2D eigenvalue weighted by molar-refractivity contribution is -0.122. The number of piperidine rings is 1. The Morgan fingerprint density at radius 1 is 1.50 bits per heavy atom. The van der Waals surface area contributed by atoms with Gasteiger partial charge in [0, 0.05) is 24.3 Å². The smallest absolute Gasteiger partial charge is 0.234 e. The monoisotopic (exact) mass is 348 g/mol. The second-order valence-corrected chi connectivity index (χ2v) is 7.34. The van der Waals surface area contributed by atoms with Gasteiger partial charge in [-0.05, 0) is 43.3 Å². The Morgan fingerprint density at radius 3 is 2.92 bits per heavy atom. The first-order valence-electron chi connectivity index (χ1n) is 8.30. The third kappa shape index (κ3) is 4.23. The first-order chi connectivity index (χ1) is 11.6. The van der Waals surface area contributed by atoms with Crippen LogP contribution in [0, 0.1) is 5.92 Å². The molecule has 2 aromatic rings. The van der Waals surface area contributed by atoms with Crippen LogP contribution in [-0.2, 0) is 18.4 Å². The van der Waals surface area contributed by atoms with Gasteiger partial charge in [0.25, 0.3) is 0 Å². The summed E-state index contributed by atoms with van der Waals surface area (Å²) in [7, 11) is 1.90. The van der Waals surface area contributed by atoms with E-state index in [0.717, 1.165) is 31.8 Å². The van der Waals surface area contributed by atoms with Gasteiger partial charge in [-0.25, -0.2) is 4.98 Å². The number of carbonyl (C=O) groups excluding carboxylic acids is 1. The molecule has 1 saturated heterocycles. The van der Waals surface area contributed by atoms with Crippen LogP contribution in [0.3, 0.4) is 0 Å². The van der Waals surface area contributed by atoms with Gasteiger partial charge in [0.05, 0.1) is 13.1 Å². The number of hydrogen-bond donors (Lipinski definition) is 2. The fraction of sp³-hybridized carbons (Fsp3) is 0.529. The van der Waals surface area contributed by atoms with E-state index in [-0.39, 0.29) is 11.8 Å². The zero-order valence-corrected chi connectivity index (χ0v) is 14.7. The van der Waals surface area contributed by atoms with Gasteiger partial charge in [-0.3, -0.25) is 9.69 Å². The molecule has 3 heterocycles. The van der Waals surface area contributed by atoms with Gasteiger partial charge in [0.1, 0.15) is 11.9 Å². The molecule has 24 heavy (non-hydrogen) atoms. The molecule has 1 atom stereocenters. The third-order valence-electron chi connectivity index (χ3n) is 4.61. The highest BCUT2D eigenvalue weighted by Gasteiger charge is 2.28. The molecule has 6 nitrogen and oxygen atoms in total. The van der Waals surface area contributed by atoms with Crippen molar-refractivity contribution >= 4 is 17.2 Å². The van der Waals surface area contributed by atoms with E-state index in [9.17, 15) is 9.90 Å². The number of rotatable bonds is 6. The molecule has 1 unspecified atom stereocenters. The highest BCUT2D eigenvalue weighted by Crippen LogP contribution is 2.29. The fourth-order valence-corrected chi connectivity index (χ4v) is 3.80. The van der Waals surface area contributed by atoms with E-state index < -0.39 is 6.10 Å². The van der Waals surface area contributed by atoms with Gasteiger partial charge >= 0.3 is 0 Å². The topological polar surface area (TPSA) is 70.4 Å². The van der Waals surface area contributed by atoms with Gasteiger partial charge in [-0.1, -0.05) is 6.07 Å². The van der Waals surface area contributed by atoms with E-state index in [2.05, 4.69) is 15.2 Å². The van der Waals surface area contributed by atoms with Crippen LogP contribution in [0.15, 0.2) is 29.9 Å². The number of aryl methyl sites for hydroxylation is 1. The summed E-state index contributed by atoms with van der Waals surface area (Å²) in [5, 5.41) is 15.5. The lowest BCUT2D eigenvalue weighted by Crippen LogP contribution is -2.42. The van der Waals surface area contributed by atoms with E-state index in [0.29, 0.717) is 13.1 Å². The molecule has 1 aliphatic rings. The molecular weight excluding hydrogens is 324 g/mol. The van der Waals surface area contributed by atoms with Gasteiger partial charge in [-0.15, -0.1) is 11.3 Å². The summed E-state index contributed by atoms with van der Waals surface area (Å²) in [6.07, 6.45) is 4.80. The molecule has 2 aromatic heterocycles. The molecule has 3 rings (SSSR count). The van der Waals surface area contributed by atoms with E-state index in [1.165, 1.54) is 4.88 Å². The first-order valence-corrected chi connectivity index (χ1v) is 9.18. The predicted octanol–water partition coefficient (Wildman–Crippen LogP) is 1.54. The molecule has 7 heteroatoms. The summed E-state index contributed by atoms with van der Waals surface area (Å²) >= 11 is 1.65. The number of carbonyl (C=O) groups is 1. The maximum absolute atomic E-state index is 12.0. The van der Waals surface area contributed by atoms with E-state index in [4.69, 9.17) is 0 Å². The standard InChI is InChI=1S/C17H24N4O2S/c1-20-9-6-18-17(20)16(23)13-4-7-21(8-5-13)12-15(22)19-11-14-3-2-10-24-14/h2-3,6,9-10,13,16,23H,4-5,7-8,11-12H2,1H3,(H,19,22). The highest BCUT2D eigenvalue weighted by atomic mass is 32.1. The van der Waals surface area contributed by atoms with Crippen molar-refractivity contribution in [2.24, 2.45) is 13.0 Å². The molecule has 130 valence electrons. The Balaban J connectivity index is 1.42. The van der Waals surface area contributed by atoms with Crippen molar-refractivity contribution in [2.45, 2.75) is 25.5 Å². The first kappa shape index (κ1) is 17.1. The quantitative estimate of drug-likeness (QED) is 0.831. The molecule has 2 N–H and O–H groups in total. The van der Waals surface area contributed by atoms with E-state index >= 15 is 0 Å². The minimum absolute atomic E-state index is 0.0616. The number of nitrogens with one attached hydrogen (secondary N) is 1. The number of aromatic nitrogens is 2. The van der Waals surface area contributed by atoms with E-state index in [1.807, 2.05) is 35.3 Å². The third-order valence-corrected chi connectivity index (χ3v) is 5.49. The van der Waals surface area contributed by atoms with Crippen molar-refractivity contribution in [3.63, 3.8) is 0 Å². The van der Waals surface area contributed by atoms with Crippen molar-refractivity contribution < 1.29 is 9.90 Å². The molecule has 0 saturated carbocycles. The van der Waals surface area contributed by atoms with Crippen LogP contribution < -0.4 is 5.32 Å². The largest absolute Gasteiger partial charge is 0.385 e. The summed E-state index contributed by atoms with van der Waals surface area (Å²) in [5.74, 6) is 0.991. The number of nitrogens with zero attached hydrogens (tertiary/aromatic N) is 3. The molecule has 0 aromatic carbocycles. The molecule has 1 fully saturated rings. The lowest BCUT2D eigenvalue weighted by atomic mass is 9.90. The summed E-state index contributed by atoms with van der Waals surface area (Å²) in [5.41, 5.74) is 0. The minimum Gasteiger partial charge on any atom is -0.385 e. The SMILES string of the molecule is Cn1ccnc1C(O)C1CCN(CC(=O)NCc2cccs2)CC1. The summed E-state index contributed by atoms with van der Waals surface area (Å²) in [6.45, 7) is 2.69. The average molecular weight is 348 g/mol. The number of hydrogen-bond acceptors (Lipinski definition) is 5. The molecule has 0 spiro atoms. The Kier molecular flexibility index (Phi) is 5.65. The maximum Gasteiger partial charge on any atom is 0.234 e. The van der Waals surface area contributed by atoms with Crippen molar-refractivity contribution in [1.82, 2.24) is 19.8 Å². The molecule has 0 radical (unpaired) electrons. The number of amides is 1. The molecule has 0 bridgehead atoms. The summed E-state index contributed by atoms with van der Waals surface area (Å²) in [6, 6.07) is 4.01. The van der Waals surface area contributed by atoms with Crippen LogP contribution in [0.2, 0.25) is 0 Å². The summed E-state index contributed by atoms with van der Waals surface area (Å²) < 4.78 is 1.87. The van der Waals surface area contributed by atoms with Crippen LogP contribution >= 0.6 is 11.3 Å². The normalized spacial score (nSPS) is 17.8. The van der Waals surface area contributed by atoms with Gasteiger partial charge < -0.3 is 15.0 Å². The Labute approximate surface area is 146 Å².